The molecule has 4 rings (SSSR count). The number of Topliss-reactive ketones (excluding diaryl/α,β-unsaturated/α-hetero) is 1. The molecule has 0 radical (unpaired) electrons. The maximum atomic E-state index is 12.9. The summed E-state index contributed by atoms with van der Waals surface area (Å²) >= 11 is 12.0. The molecule has 0 aliphatic carbocycles. The summed E-state index contributed by atoms with van der Waals surface area (Å²) in [5, 5.41) is 11.9. The van der Waals surface area contributed by atoms with Crippen LogP contribution < -0.4 is 0 Å². The number of amides is 1. The highest BCUT2D eigenvalue weighted by atomic mass is 35.5. The quantitative estimate of drug-likeness (QED) is 0.590. The van der Waals surface area contributed by atoms with Crippen molar-refractivity contribution in [1.29, 1.82) is 0 Å². The van der Waals surface area contributed by atoms with Crippen molar-refractivity contribution in [2.75, 3.05) is 13.1 Å². The van der Waals surface area contributed by atoms with E-state index in [2.05, 4.69) is 15.5 Å². The van der Waals surface area contributed by atoms with Gasteiger partial charge >= 0.3 is 0 Å². The summed E-state index contributed by atoms with van der Waals surface area (Å²) in [5.41, 5.74) is 1.83. The number of halogens is 2. The van der Waals surface area contributed by atoms with Crippen LogP contribution in [0.5, 0.6) is 0 Å². The van der Waals surface area contributed by atoms with Gasteiger partial charge in [-0.2, -0.15) is 0 Å². The van der Waals surface area contributed by atoms with Crippen LogP contribution in [0.3, 0.4) is 0 Å². The number of rotatable bonds is 4. The minimum atomic E-state index is -0.135. The average molecular weight is 430 g/mol. The highest BCUT2D eigenvalue weighted by Crippen LogP contribution is 2.27. The van der Waals surface area contributed by atoms with Gasteiger partial charge in [-0.1, -0.05) is 29.3 Å². The van der Waals surface area contributed by atoms with Crippen LogP contribution in [0.25, 0.3) is 5.69 Å². The third kappa shape index (κ3) is 4.16. The summed E-state index contributed by atoms with van der Waals surface area (Å²) < 4.78 is 1.50. The average Bonchev–Trinajstić information content (AvgIpc) is 3.30. The topological polar surface area (TPSA) is 81.0 Å². The van der Waals surface area contributed by atoms with Gasteiger partial charge in [0.2, 0.25) is 0 Å². The first-order chi connectivity index (χ1) is 14.0. The van der Waals surface area contributed by atoms with E-state index >= 15 is 0 Å². The zero-order valence-corrected chi connectivity index (χ0v) is 16.8. The number of likely N-dealkylation sites (tertiary alicyclic amines) is 1. The third-order valence-corrected chi connectivity index (χ3v) is 5.80. The molecule has 1 aliphatic rings. The number of aromatic nitrogens is 4. The molecule has 0 saturated carbocycles. The first-order valence-electron chi connectivity index (χ1n) is 9.15. The molecule has 0 bridgehead atoms. The number of hydrogen-bond acceptors (Lipinski definition) is 5. The normalized spacial score (nSPS) is 14.8. The summed E-state index contributed by atoms with van der Waals surface area (Å²) in [4.78, 5) is 27.4. The van der Waals surface area contributed by atoms with E-state index < -0.39 is 0 Å². The van der Waals surface area contributed by atoms with Crippen LogP contribution in [-0.2, 0) is 0 Å². The predicted molar refractivity (Wildman–Crippen MR) is 109 cm³/mol. The van der Waals surface area contributed by atoms with Crippen LogP contribution in [0.15, 0.2) is 48.8 Å². The monoisotopic (exact) mass is 429 g/mol. The van der Waals surface area contributed by atoms with E-state index in [1.54, 1.807) is 41.3 Å². The second-order valence-electron chi connectivity index (χ2n) is 6.86. The van der Waals surface area contributed by atoms with Crippen molar-refractivity contribution in [2.24, 2.45) is 5.92 Å². The number of tetrazole rings is 1. The molecule has 7 nitrogen and oxygen atoms in total. The molecule has 0 atom stereocenters. The Kier molecular flexibility index (Phi) is 5.60. The molecule has 2 heterocycles. The molecule has 1 fully saturated rings. The van der Waals surface area contributed by atoms with Crippen molar-refractivity contribution < 1.29 is 9.59 Å². The van der Waals surface area contributed by atoms with Crippen molar-refractivity contribution in [2.45, 2.75) is 12.8 Å². The van der Waals surface area contributed by atoms with Crippen molar-refractivity contribution >= 4 is 34.9 Å². The van der Waals surface area contributed by atoms with E-state index in [9.17, 15) is 9.59 Å². The number of carbonyl (C=O) groups is 2. The highest BCUT2D eigenvalue weighted by molar-refractivity contribution is 6.42. The molecule has 29 heavy (non-hydrogen) atoms. The van der Waals surface area contributed by atoms with Crippen LogP contribution >= 0.6 is 23.2 Å². The van der Waals surface area contributed by atoms with Crippen molar-refractivity contribution in [3.8, 4) is 5.69 Å². The van der Waals surface area contributed by atoms with Gasteiger partial charge in [0.1, 0.15) is 6.33 Å². The van der Waals surface area contributed by atoms with Crippen LogP contribution in [0.4, 0.5) is 0 Å². The number of benzene rings is 2. The molecule has 0 unspecified atom stereocenters. The Labute approximate surface area is 177 Å². The predicted octanol–water partition coefficient (Wildman–Crippen LogP) is 3.70. The zero-order chi connectivity index (χ0) is 20.4. The zero-order valence-electron chi connectivity index (χ0n) is 15.3. The fourth-order valence-electron chi connectivity index (χ4n) is 3.47. The standard InChI is InChI=1S/C20H17Cl2N5O2/c21-17-5-4-14(11-18(17)22)19(28)13-6-8-26(9-7-13)20(29)15-2-1-3-16(10-15)27-12-23-24-25-27/h1-5,10-13H,6-9H2. The van der Waals surface area contributed by atoms with Gasteiger partial charge in [0.15, 0.2) is 5.78 Å². The lowest BCUT2D eigenvalue weighted by Gasteiger charge is -2.31. The van der Waals surface area contributed by atoms with Crippen molar-refractivity contribution in [3.63, 3.8) is 0 Å². The molecule has 9 heteroatoms. The van der Waals surface area contributed by atoms with Crippen molar-refractivity contribution in [1.82, 2.24) is 25.1 Å². The van der Waals surface area contributed by atoms with Crippen LogP contribution in [0.2, 0.25) is 10.0 Å². The summed E-state index contributed by atoms with van der Waals surface area (Å²) in [6.45, 7) is 1.04. The van der Waals surface area contributed by atoms with Gasteiger partial charge in [-0.25, -0.2) is 4.68 Å². The Morgan fingerprint density at radius 3 is 2.45 bits per heavy atom. The van der Waals surface area contributed by atoms with E-state index in [1.807, 2.05) is 6.07 Å². The first kappa shape index (κ1) is 19.5. The number of piperidine rings is 1. The van der Waals surface area contributed by atoms with E-state index in [-0.39, 0.29) is 17.6 Å². The smallest absolute Gasteiger partial charge is 0.253 e. The lowest BCUT2D eigenvalue weighted by Crippen LogP contribution is -2.40. The van der Waals surface area contributed by atoms with Gasteiger partial charge in [-0.3, -0.25) is 9.59 Å². The van der Waals surface area contributed by atoms with E-state index in [0.29, 0.717) is 52.8 Å². The van der Waals surface area contributed by atoms with Gasteiger partial charge in [0.25, 0.3) is 5.91 Å². The maximum Gasteiger partial charge on any atom is 0.253 e. The van der Waals surface area contributed by atoms with E-state index in [1.165, 1.54) is 11.0 Å². The summed E-state index contributed by atoms with van der Waals surface area (Å²) in [6, 6.07) is 12.1. The highest BCUT2D eigenvalue weighted by Gasteiger charge is 2.28. The van der Waals surface area contributed by atoms with Gasteiger partial charge in [-0.05, 0) is 59.7 Å². The third-order valence-electron chi connectivity index (χ3n) is 5.06. The minimum absolute atomic E-state index is 0.0383. The number of nitrogens with zero attached hydrogens (tertiary/aromatic N) is 5. The molecule has 1 aliphatic heterocycles. The summed E-state index contributed by atoms with van der Waals surface area (Å²) in [6.07, 6.45) is 2.69. The second kappa shape index (κ2) is 8.31. The van der Waals surface area contributed by atoms with Crippen molar-refractivity contribution in [3.05, 3.63) is 70.0 Å². The number of hydrogen-bond donors (Lipinski definition) is 0. The molecule has 2 aromatic carbocycles. The molecule has 0 N–H and O–H groups in total. The second-order valence-corrected chi connectivity index (χ2v) is 7.68. The van der Waals surface area contributed by atoms with Crippen LogP contribution in [-0.4, -0.2) is 49.9 Å². The SMILES string of the molecule is O=C(c1ccc(Cl)c(Cl)c1)C1CCN(C(=O)c2cccc(-n3cnnn3)c2)CC1. The Balaban J connectivity index is 1.42. The molecule has 148 valence electrons. The van der Waals surface area contributed by atoms with Gasteiger partial charge in [0, 0.05) is 30.1 Å². The summed E-state index contributed by atoms with van der Waals surface area (Å²) in [5.74, 6) is -0.166. The molecular weight excluding hydrogens is 413 g/mol. The lowest BCUT2D eigenvalue weighted by atomic mass is 9.88. The van der Waals surface area contributed by atoms with Crippen LogP contribution in [0.1, 0.15) is 33.6 Å². The van der Waals surface area contributed by atoms with Gasteiger partial charge in [-0.15, -0.1) is 5.10 Å². The molecule has 0 spiro atoms. The molecule has 1 saturated heterocycles. The Hall–Kier alpha value is -2.77. The minimum Gasteiger partial charge on any atom is -0.339 e. The van der Waals surface area contributed by atoms with Crippen LogP contribution in [0, 0.1) is 5.92 Å². The number of carbonyl (C=O) groups excluding carboxylic acids is 2. The fourth-order valence-corrected chi connectivity index (χ4v) is 3.77. The Bertz CT molecular complexity index is 1050. The van der Waals surface area contributed by atoms with E-state index in [4.69, 9.17) is 23.2 Å². The maximum absolute atomic E-state index is 12.9. The van der Waals surface area contributed by atoms with Gasteiger partial charge < -0.3 is 4.90 Å². The summed E-state index contributed by atoms with van der Waals surface area (Å²) in [7, 11) is 0. The first-order valence-corrected chi connectivity index (χ1v) is 9.90. The lowest BCUT2D eigenvalue weighted by molar-refractivity contribution is 0.0650. The molecule has 1 amide bonds. The molecular formula is C20H17Cl2N5O2. The van der Waals surface area contributed by atoms with Gasteiger partial charge in [0.05, 0.1) is 15.7 Å². The molecule has 3 aromatic rings. The van der Waals surface area contributed by atoms with E-state index in [0.717, 1.165) is 0 Å². The fraction of sp³-hybridized carbons (Fsp3) is 0.250. The molecule has 1 aromatic heterocycles. The Morgan fingerprint density at radius 2 is 1.76 bits per heavy atom. The Morgan fingerprint density at radius 1 is 0.966 bits per heavy atom. The number of ketones is 1. The largest absolute Gasteiger partial charge is 0.339 e.